The van der Waals surface area contributed by atoms with Gasteiger partial charge in [0.15, 0.2) is 5.78 Å². The highest BCUT2D eigenvalue weighted by Gasteiger charge is 2.21. The van der Waals surface area contributed by atoms with Crippen molar-refractivity contribution in [3.63, 3.8) is 0 Å². The van der Waals surface area contributed by atoms with Crippen molar-refractivity contribution in [1.29, 1.82) is 0 Å². The molecule has 0 saturated carbocycles. The van der Waals surface area contributed by atoms with Gasteiger partial charge in [0.25, 0.3) is 5.91 Å². The summed E-state index contributed by atoms with van der Waals surface area (Å²) in [5, 5.41) is 7.90. The number of nitrogens with one attached hydrogen (secondary N) is 1. The summed E-state index contributed by atoms with van der Waals surface area (Å²) in [5.41, 5.74) is 3.25. The van der Waals surface area contributed by atoms with Crippen LogP contribution in [-0.4, -0.2) is 21.5 Å². The van der Waals surface area contributed by atoms with Crippen LogP contribution >= 0.6 is 11.6 Å². The van der Waals surface area contributed by atoms with E-state index in [4.69, 9.17) is 11.6 Å². The lowest BCUT2D eigenvalue weighted by Gasteiger charge is -2.13. The molecule has 0 atom stereocenters. The number of hydrogen-bond acceptors (Lipinski definition) is 3. The second-order valence-electron chi connectivity index (χ2n) is 6.58. The van der Waals surface area contributed by atoms with E-state index in [-0.39, 0.29) is 17.6 Å². The minimum absolute atomic E-state index is 0.0514. The Morgan fingerprint density at radius 2 is 1.81 bits per heavy atom. The van der Waals surface area contributed by atoms with Gasteiger partial charge in [0.1, 0.15) is 0 Å². The summed E-state index contributed by atoms with van der Waals surface area (Å²) >= 11 is 5.96. The molecule has 0 spiro atoms. The van der Waals surface area contributed by atoms with Crippen LogP contribution in [0.25, 0.3) is 5.69 Å². The number of nitrogens with zero attached hydrogens (tertiary/aromatic N) is 2. The van der Waals surface area contributed by atoms with E-state index in [1.54, 1.807) is 47.3 Å². The van der Waals surface area contributed by atoms with Gasteiger partial charge in [-0.1, -0.05) is 37.6 Å². The van der Waals surface area contributed by atoms with Gasteiger partial charge in [0.2, 0.25) is 0 Å². The standard InChI is InChI=1S/C21H20ClN3O2/c1-13(2)20-19(12-23-25(20)18-9-7-16(22)8-10-18)21(27)24-17-6-4-5-15(11-17)14(3)26/h4-13H,1-3H3,(H,24,27). The summed E-state index contributed by atoms with van der Waals surface area (Å²) in [6.07, 6.45) is 1.56. The van der Waals surface area contributed by atoms with Crippen molar-refractivity contribution >= 4 is 29.0 Å². The summed E-state index contributed by atoms with van der Waals surface area (Å²) in [7, 11) is 0. The predicted molar refractivity (Wildman–Crippen MR) is 107 cm³/mol. The zero-order valence-electron chi connectivity index (χ0n) is 15.4. The van der Waals surface area contributed by atoms with Crippen LogP contribution in [0.5, 0.6) is 0 Å². The quantitative estimate of drug-likeness (QED) is 0.625. The highest BCUT2D eigenvalue weighted by atomic mass is 35.5. The maximum Gasteiger partial charge on any atom is 0.259 e. The molecule has 1 amide bonds. The third-order valence-corrected chi connectivity index (χ3v) is 4.45. The molecule has 5 nitrogen and oxygen atoms in total. The monoisotopic (exact) mass is 381 g/mol. The zero-order chi connectivity index (χ0) is 19.6. The van der Waals surface area contributed by atoms with Crippen LogP contribution < -0.4 is 5.32 Å². The van der Waals surface area contributed by atoms with E-state index in [9.17, 15) is 9.59 Å². The smallest absolute Gasteiger partial charge is 0.259 e. The molecule has 0 fully saturated rings. The Morgan fingerprint density at radius 3 is 2.44 bits per heavy atom. The SMILES string of the molecule is CC(=O)c1cccc(NC(=O)c2cnn(-c3ccc(Cl)cc3)c2C(C)C)c1. The Bertz CT molecular complexity index is 991. The van der Waals surface area contributed by atoms with E-state index in [1.165, 1.54) is 6.92 Å². The molecule has 1 N–H and O–H groups in total. The molecule has 138 valence electrons. The molecule has 27 heavy (non-hydrogen) atoms. The minimum Gasteiger partial charge on any atom is -0.322 e. The van der Waals surface area contributed by atoms with Gasteiger partial charge in [-0.3, -0.25) is 9.59 Å². The first-order valence-electron chi connectivity index (χ1n) is 8.63. The third kappa shape index (κ3) is 4.09. The zero-order valence-corrected chi connectivity index (χ0v) is 16.1. The number of anilines is 1. The van der Waals surface area contributed by atoms with Crippen LogP contribution in [0.1, 0.15) is 53.1 Å². The van der Waals surface area contributed by atoms with Crippen LogP contribution in [0, 0.1) is 0 Å². The summed E-state index contributed by atoms with van der Waals surface area (Å²) < 4.78 is 1.75. The third-order valence-electron chi connectivity index (χ3n) is 4.20. The lowest BCUT2D eigenvalue weighted by atomic mass is 10.0. The van der Waals surface area contributed by atoms with Gasteiger partial charge in [0.05, 0.1) is 23.1 Å². The predicted octanol–water partition coefficient (Wildman–Crippen LogP) is 5.10. The van der Waals surface area contributed by atoms with Crippen LogP contribution in [0.3, 0.4) is 0 Å². The van der Waals surface area contributed by atoms with Gasteiger partial charge in [-0.2, -0.15) is 5.10 Å². The summed E-state index contributed by atoms with van der Waals surface area (Å²) in [6.45, 7) is 5.52. The Kier molecular flexibility index (Phi) is 5.42. The van der Waals surface area contributed by atoms with E-state index in [1.807, 2.05) is 26.0 Å². The van der Waals surface area contributed by atoms with Gasteiger partial charge >= 0.3 is 0 Å². The molecular formula is C21H20ClN3O2. The first-order valence-corrected chi connectivity index (χ1v) is 9.01. The lowest BCUT2D eigenvalue weighted by Crippen LogP contribution is -2.15. The fourth-order valence-electron chi connectivity index (χ4n) is 2.89. The van der Waals surface area contributed by atoms with Gasteiger partial charge in [0, 0.05) is 16.3 Å². The maximum atomic E-state index is 12.8. The van der Waals surface area contributed by atoms with Crippen molar-refractivity contribution in [2.45, 2.75) is 26.7 Å². The van der Waals surface area contributed by atoms with Crippen LogP contribution in [-0.2, 0) is 0 Å². The average Bonchev–Trinajstić information content (AvgIpc) is 3.08. The number of ketones is 1. The number of carbonyl (C=O) groups excluding carboxylic acids is 2. The molecule has 0 aliphatic heterocycles. The first kappa shape index (κ1) is 18.9. The highest BCUT2D eigenvalue weighted by molar-refractivity contribution is 6.30. The molecule has 0 bridgehead atoms. The molecule has 0 unspecified atom stereocenters. The molecule has 0 aliphatic carbocycles. The minimum atomic E-state index is -0.264. The number of halogens is 1. The molecular weight excluding hydrogens is 362 g/mol. The largest absolute Gasteiger partial charge is 0.322 e. The van der Waals surface area contributed by atoms with Crippen molar-refractivity contribution in [2.24, 2.45) is 0 Å². The molecule has 3 aromatic rings. The van der Waals surface area contributed by atoms with Crippen LogP contribution in [0.2, 0.25) is 5.02 Å². The van der Waals surface area contributed by atoms with Crippen molar-refractivity contribution in [3.8, 4) is 5.69 Å². The van der Waals surface area contributed by atoms with E-state index >= 15 is 0 Å². The van der Waals surface area contributed by atoms with Gasteiger partial charge in [-0.15, -0.1) is 0 Å². The fraction of sp³-hybridized carbons (Fsp3) is 0.190. The number of Topliss-reactive ketones (excluding diaryl/α,β-unsaturated/α-hetero) is 1. The van der Waals surface area contributed by atoms with E-state index < -0.39 is 0 Å². The number of hydrogen-bond donors (Lipinski definition) is 1. The number of rotatable bonds is 5. The van der Waals surface area contributed by atoms with Gasteiger partial charge in [-0.25, -0.2) is 4.68 Å². The Hall–Kier alpha value is -2.92. The number of benzene rings is 2. The molecule has 2 aromatic carbocycles. The normalized spacial score (nSPS) is 10.9. The van der Waals surface area contributed by atoms with Crippen molar-refractivity contribution < 1.29 is 9.59 Å². The average molecular weight is 382 g/mol. The molecule has 0 saturated heterocycles. The molecule has 3 rings (SSSR count). The second kappa shape index (κ2) is 7.76. The van der Waals surface area contributed by atoms with E-state index in [2.05, 4.69) is 10.4 Å². The molecule has 0 aliphatic rings. The molecule has 6 heteroatoms. The molecule has 0 radical (unpaired) electrons. The Morgan fingerprint density at radius 1 is 1.11 bits per heavy atom. The van der Waals surface area contributed by atoms with Gasteiger partial charge < -0.3 is 5.32 Å². The highest BCUT2D eigenvalue weighted by Crippen LogP contribution is 2.25. The van der Waals surface area contributed by atoms with Crippen molar-refractivity contribution in [3.05, 3.63) is 76.6 Å². The Labute approximate surface area is 163 Å². The number of amides is 1. The van der Waals surface area contributed by atoms with E-state index in [0.717, 1.165) is 11.4 Å². The number of aromatic nitrogens is 2. The van der Waals surface area contributed by atoms with Crippen molar-refractivity contribution in [2.75, 3.05) is 5.32 Å². The fourth-order valence-corrected chi connectivity index (χ4v) is 3.02. The summed E-state index contributed by atoms with van der Waals surface area (Å²) in [5.74, 6) is -0.239. The number of carbonyl (C=O) groups is 2. The van der Waals surface area contributed by atoms with Crippen LogP contribution in [0.15, 0.2) is 54.7 Å². The van der Waals surface area contributed by atoms with Gasteiger partial charge in [-0.05, 0) is 49.2 Å². The first-order chi connectivity index (χ1) is 12.9. The van der Waals surface area contributed by atoms with Crippen LogP contribution in [0.4, 0.5) is 5.69 Å². The van der Waals surface area contributed by atoms with E-state index in [0.29, 0.717) is 21.8 Å². The lowest BCUT2D eigenvalue weighted by molar-refractivity contribution is 0.101. The maximum absolute atomic E-state index is 12.8. The Balaban J connectivity index is 1.94. The molecule has 1 heterocycles. The topological polar surface area (TPSA) is 64.0 Å². The second-order valence-corrected chi connectivity index (χ2v) is 7.01. The summed E-state index contributed by atoms with van der Waals surface area (Å²) in [6, 6.07) is 14.2. The summed E-state index contributed by atoms with van der Waals surface area (Å²) in [4.78, 5) is 24.4. The van der Waals surface area contributed by atoms with Crippen molar-refractivity contribution in [1.82, 2.24) is 9.78 Å². The molecule has 1 aromatic heterocycles.